The molecule has 1 amide bonds. The van der Waals surface area contributed by atoms with Crippen molar-refractivity contribution in [1.29, 1.82) is 0 Å². The lowest BCUT2D eigenvalue weighted by Crippen LogP contribution is -2.50. The Hall–Kier alpha value is -3.05. The molecule has 5 rings (SSSR count). The number of benzene rings is 2. The van der Waals surface area contributed by atoms with E-state index in [1.807, 2.05) is 70.1 Å². The first-order valence-corrected chi connectivity index (χ1v) is 10.9. The lowest BCUT2D eigenvalue weighted by Gasteiger charge is -2.43. The SMILES string of the molecule is O=C(COc1ccccc1)N1C[C@@H]2C[C@H](C1)c1c(-c3ccc(Cl)cc3)ccc(=O)n1C2. The highest BCUT2D eigenvalue weighted by molar-refractivity contribution is 6.30. The van der Waals surface area contributed by atoms with Gasteiger partial charge >= 0.3 is 0 Å². The van der Waals surface area contributed by atoms with Crippen molar-refractivity contribution in [3.05, 3.63) is 87.8 Å². The van der Waals surface area contributed by atoms with E-state index in [9.17, 15) is 9.59 Å². The fourth-order valence-corrected chi connectivity index (χ4v) is 4.97. The van der Waals surface area contributed by atoms with Crippen LogP contribution in [-0.4, -0.2) is 35.1 Å². The number of para-hydroxylation sites is 1. The van der Waals surface area contributed by atoms with Gasteiger partial charge in [0, 0.05) is 47.9 Å². The number of fused-ring (bicyclic) bond motifs is 4. The summed E-state index contributed by atoms with van der Waals surface area (Å²) in [4.78, 5) is 27.4. The number of amides is 1. The Morgan fingerprint density at radius 2 is 1.74 bits per heavy atom. The predicted molar refractivity (Wildman–Crippen MR) is 121 cm³/mol. The first-order chi connectivity index (χ1) is 15.1. The molecular formula is C25H23ClN2O3. The number of ether oxygens (including phenoxy) is 1. The molecule has 0 spiro atoms. The van der Waals surface area contributed by atoms with Crippen LogP contribution in [0.2, 0.25) is 5.02 Å². The number of rotatable bonds is 4. The third-order valence-electron chi connectivity index (χ3n) is 6.20. The minimum Gasteiger partial charge on any atom is -0.484 e. The van der Waals surface area contributed by atoms with Crippen LogP contribution in [0.1, 0.15) is 18.0 Å². The van der Waals surface area contributed by atoms with E-state index in [0.717, 1.165) is 23.2 Å². The van der Waals surface area contributed by atoms with Crippen LogP contribution in [0.25, 0.3) is 11.1 Å². The average molecular weight is 435 g/mol. The Labute approximate surface area is 185 Å². The van der Waals surface area contributed by atoms with E-state index in [4.69, 9.17) is 16.3 Å². The molecule has 6 heteroatoms. The Bertz CT molecular complexity index is 1160. The minimum atomic E-state index is -0.0154. The summed E-state index contributed by atoms with van der Waals surface area (Å²) < 4.78 is 7.58. The summed E-state index contributed by atoms with van der Waals surface area (Å²) >= 11 is 6.07. The zero-order valence-electron chi connectivity index (χ0n) is 17.0. The molecule has 2 atom stereocenters. The number of piperidine rings is 1. The summed E-state index contributed by atoms with van der Waals surface area (Å²) in [6.45, 7) is 1.91. The van der Waals surface area contributed by atoms with Crippen LogP contribution in [0.15, 0.2) is 71.5 Å². The fraction of sp³-hybridized carbons (Fsp3) is 0.280. The number of nitrogens with zero attached hydrogens (tertiary/aromatic N) is 2. The number of carbonyl (C=O) groups excluding carboxylic acids is 1. The van der Waals surface area contributed by atoms with Gasteiger partial charge in [0.1, 0.15) is 5.75 Å². The zero-order chi connectivity index (χ0) is 21.4. The number of pyridine rings is 1. The maximum absolute atomic E-state index is 12.9. The summed E-state index contributed by atoms with van der Waals surface area (Å²) in [6, 6.07) is 20.6. The monoisotopic (exact) mass is 434 g/mol. The van der Waals surface area contributed by atoms with Crippen LogP contribution < -0.4 is 10.3 Å². The van der Waals surface area contributed by atoms with Crippen molar-refractivity contribution in [2.45, 2.75) is 18.9 Å². The van der Waals surface area contributed by atoms with Crippen molar-refractivity contribution in [3.8, 4) is 16.9 Å². The molecule has 2 aromatic carbocycles. The van der Waals surface area contributed by atoms with Crippen LogP contribution in [0.3, 0.4) is 0 Å². The highest BCUT2D eigenvalue weighted by atomic mass is 35.5. The summed E-state index contributed by atoms with van der Waals surface area (Å²) in [5.41, 5.74) is 3.11. The molecule has 5 nitrogen and oxygen atoms in total. The molecule has 2 aliphatic rings. The number of hydrogen-bond acceptors (Lipinski definition) is 3. The second-order valence-corrected chi connectivity index (χ2v) is 8.72. The predicted octanol–water partition coefficient (Wildman–Crippen LogP) is 4.19. The molecule has 1 fully saturated rings. The van der Waals surface area contributed by atoms with Crippen molar-refractivity contribution in [2.24, 2.45) is 5.92 Å². The van der Waals surface area contributed by atoms with Gasteiger partial charge in [0.05, 0.1) is 0 Å². The summed E-state index contributed by atoms with van der Waals surface area (Å²) in [5.74, 6) is 1.06. The first kappa shape index (κ1) is 19.9. The molecule has 0 saturated carbocycles. The molecule has 31 heavy (non-hydrogen) atoms. The van der Waals surface area contributed by atoms with Gasteiger partial charge in [-0.1, -0.05) is 41.9 Å². The Morgan fingerprint density at radius 1 is 0.968 bits per heavy atom. The van der Waals surface area contributed by atoms with Crippen LogP contribution in [0.4, 0.5) is 0 Å². The fourth-order valence-electron chi connectivity index (χ4n) is 4.85. The summed E-state index contributed by atoms with van der Waals surface area (Å²) in [5, 5.41) is 0.679. The van der Waals surface area contributed by atoms with Gasteiger partial charge in [0.2, 0.25) is 0 Å². The van der Waals surface area contributed by atoms with Crippen LogP contribution in [0, 0.1) is 5.92 Å². The lowest BCUT2D eigenvalue weighted by atomic mass is 9.80. The van der Waals surface area contributed by atoms with E-state index >= 15 is 0 Å². The minimum absolute atomic E-state index is 0.0154. The Balaban J connectivity index is 1.41. The van der Waals surface area contributed by atoms with Gasteiger partial charge in [0.25, 0.3) is 11.5 Å². The number of aromatic nitrogens is 1. The van der Waals surface area contributed by atoms with Gasteiger partial charge in [-0.15, -0.1) is 0 Å². The Morgan fingerprint density at radius 3 is 2.52 bits per heavy atom. The molecule has 1 aromatic heterocycles. The molecule has 0 radical (unpaired) electrons. The van der Waals surface area contributed by atoms with Crippen LogP contribution in [0.5, 0.6) is 5.75 Å². The van der Waals surface area contributed by atoms with Crippen molar-refractivity contribution >= 4 is 17.5 Å². The van der Waals surface area contributed by atoms with E-state index in [1.165, 1.54) is 0 Å². The molecule has 2 bridgehead atoms. The van der Waals surface area contributed by atoms with E-state index in [0.29, 0.717) is 30.4 Å². The number of halogens is 1. The van der Waals surface area contributed by atoms with Crippen molar-refractivity contribution in [2.75, 3.05) is 19.7 Å². The highest BCUT2D eigenvalue weighted by Crippen LogP contribution is 2.40. The molecule has 1 saturated heterocycles. The van der Waals surface area contributed by atoms with E-state index in [1.54, 1.807) is 6.07 Å². The quantitative estimate of drug-likeness (QED) is 0.618. The standard InChI is InChI=1S/C25H23ClN2O3/c26-20-8-6-18(7-9-20)22-10-11-23(29)28-14-17-12-19(25(22)28)15-27(13-17)24(30)16-31-21-4-2-1-3-5-21/h1-11,17,19H,12-16H2/t17-,19+/m0/s1. The van der Waals surface area contributed by atoms with E-state index < -0.39 is 0 Å². The highest BCUT2D eigenvalue weighted by Gasteiger charge is 2.37. The maximum Gasteiger partial charge on any atom is 0.260 e. The van der Waals surface area contributed by atoms with Gasteiger partial charge in [-0.25, -0.2) is 0 Å². The zero-order valence-corrected chi connectivity index (χ0v) is 17.8. The van der Waals surface area contributed by atoms with Gasteiger partial charge in [-0.2, -0.15) is 0 Å². The van der Waals surface area contributed by atoms with E-state index in [2.05, 4.69) is 0 Å². The van der Waals surface area contributed by atoms with Gasteiger partial charge in [-0.3, -0.25) is 9.59 Å². The Kier molecular flexibility index (Phi) is 5.28. The third kappa shape index (κ3) is 3.98. The molecule has 0 aliphatic carbocycles. The number of likely N-dealkylation sites (tertiary alicyclic amines) is 1. The lowest BCUT2D eigenvalue weighted by molar-refractivity contribution is -0.136. The van der Waals surface area contributed by atoms with Crippen LogP contribution >= 0.6 is 11.6 Å². The molecule has 2 aliphatic heterocycles. The number of carbonyl (C=O) groups is 1. The molecule has 0 N–H and O–H groups in total. The molecular weight excluding hydrogens is 412 g/mol. The second kappa shape index (κ2) is 8.23. The third-order valence-corrected chi connectivity index (χ3v) is 6.46. The van der Waals surface area contributed by atoms with Crippen molar-refractivity contribution in [1.82, 2.24) is 9.47 Å². The van der Waals surface area contributed by atoms with E-state index in [-0.39, 0.29) is 29.9 Å². The molecule has 3 heterocycles. The molecule has 3 aromatic rings. The summed E-state index contributed by atoms with van der Waals surface area (Å²) in [6.07, 6.45) is 0.980. The van der Waals surface area contributed by atoms with Gasteiger partial charge in [0.15, 0.2) is 6.61 Å². The molecule has 0 unspecified atom stereocenters. The average Bonchev–Trinajstić information content (AvgIpc) is 2.79. The number of hydrogen-bond donors (Lipinski definition) is 0. The summed E-state index contributed by atoms with van der Waals surface area (Å²) in [7, 11) is 0. The smallest absolute Gasteiger partial charge is 0.260 e. The van der Waals surface area contributed by atoms with Crippen molar-refractivity contribution in [3.63, 3.8) is 0 Å². The van der Waals surface area contributed by atoms with Gasteiger partial charge < -0.3 is 14.2 Å². The van der Waals surface area contributed by atoms with Crippen LogP contribution in [-0.2, 0) is 11.3 Å². The topological polar surface area (TPSA) is 51.5 Å². The van der Waals surface area contributed by atoms with Crippen molar-refractivity contribution < 1.29 is 9.53 Å². The second-order valence-electron chi connectivity index (χ2n) is 8.29. The largest absolute Gasteiger partial charge is 0.484 e. The van der Waals surface area contributed by atoms with Gasteiger partial charge in [-0.05, 0) is 48.2 Å². The first-order valence-electron chi connectivity index (χ1n) is 10.5. The maximum atomic E-state index is 12.9. The normalized spacial score (nSPS) is 19.6. The molecule has 158 valence electrons.